The summed E-state index contributed by atoms with van der Waals surface area (Å²) in [4.78, 5) is 4.75. The minimum Gasteiger partial charge on any atom is -0.376 e. The Labute approximate surface area is 134 Å². The van der Waals surface area contributed by atoms with Gasteiger partial charge in [0.2, 0.25) is 0 Å². The van der Waals surface area contributed by atoms with Gasteiger partial charge in [-0.1, -0.05) is 18.9 Å². The zero-order chi connectivity index (χ0) is 15.6. The average molecular weight is 317 g/mol. The van der Waals surface area contributed by atoms with Gasteiger partial charge in [0.25, 0.3) is 0 Å². The summed E-state index contributed by atoms with van der Waals surface area (Å²) in [5.41, 5.74) is 0.672. The molecule has 1 saturated heterocycles. The van der Waals surface area contributed by atoms with Crippen LogP contribution in [-0.2, 0) is 9.47 Å². The molecular formula is C17H20FN3O2. The first-order valence-electron chi connectivity index (χ1n) is 8.23. The third-order valence-electron chi connectivity index (χ3n) is 4.53. The van der Waals surface area contributed by atoms with Crippen LogP contribution in [0.2, 0.25) is 0 Å². The lowest BCUT2D eigenvalue weighted by molar-refractivity contribution is -0.0942. The van der Waals surface area contributed by atoms with Gasteiger partial charge in [-0.3, -0.25) is 0 Å². The fourth-order valence-electron chi connectivity index (χ4n) is 3.34. The summed E-state index contributed by atoms with van der Waals surface area (Å²) in [6.45, 7) is 1.59. The number of benzene rings is 1. The smallest absolute Gasteiger partial charge is 0.163 e. The average Bonchev–Trinajstić information content (AvgIpc) is 3.25. The van der Waals surface area contributed by atoms with Crippen molar-refractivity contribution >= 4 is 0 Å². The van der Waals surface area contributed by atoms with Crippen molar-refractivity contribution in [1.82, 2.24) is 14.8 Å². The van der Waals surface area contributed by atoms with Crippen molar-refractivity contribution in [3.63, 3.8) is 0 Å². The van der Waals surface area contributed by atoms with Crippen molar-refractivity contribution in [3.05, 3.63) is 41.7 Å². The Balaban J connectivity index is 1.74. The molecule has 1 aliphatic carbocycles. The highest BCUT2D eigenvalue weighted by Gasteiger charge is 2.28. The van der Waals surface area contributed by atoms with Gasteiger partial charge in [0, 0.05) is 5.92 Å². The largest absolute Gasteiger partial charge is 0.376 e. The second-order valence-electron chi connectivity index (χ2n) is 6.14. The Kier molecular flexibility index (Phi) is 4.10. The van der Waals surface area contributed by atoms with Crippen LogP contribution in [-0.4, -0.2) is 34.6 Å². The number of hydrogen-bond donors (Lipinski definition) is 0. The lowest BCUT2D eigenvalue weighted by Crippen LogP contribution is -2.24. The molecule has 5 nitrogen and oxygen atoms in total. The van der Waals surface area contributed by atoms with E-state index in [1.165, 1.54) is 25.0 Å². The van der Waals surface area contributed by atoms with E-state index in [9.17, 15) is 4.39 Å². The molecule has 1 unspecified atom stereocenters. The van der Waals surface area contributed by atoms with Crippen molar-refractivity contribution in [3.8, 4) is 5.69 Å². The molecule has 2 fully saturated rings. The minimum atomic E-state index is -0.285. The first kappa shape index (κ1) is 14.8. The van der Waals surface area contributed by atoms with E-state index in [1.54, 1.807) is 10.7 Å². The molecule has 122 valence electrons. The fraction of sp³-hybridized carbons (Fsp3) is 0.529. The maximum atomic E-state index is 13.6. The molecule has 1 aromatic heterocycles. The molecule has 6 heteroatoms. The third-order valence-corrected chi connectivity index (χ3v) is 4.53. The lowest BCUT2D eigenvalue weighted by atomic mass is 10.1. The second kappa shape index (κ2) is 6.37. The number of nitrogens with zero attached hydrogens (tertiary/aromatic N) is 3. The predicted octanol–water partition coefficient (Wildman–Crippen LogP) is 3.15. The van der Waals surface area contributed by atoms with E-state index in [0.29, 0.717) is 37.3 Å². The van der Waals surface area contributed by atoms with Gasteiger partial charge in [0.15, 0.2) is 11.6 Å². The van der Waals surface area contributed by atoms with Crippen molar-refractivity contribution in [2.24, 2.45) is 0 Å². The van der Waals surface area contributed by atoms with Gasteiger partial charge in [-0.15, -0.1) is 0 Å². The van der Waals surface area contributed by atoms with E-state index in [0.717, 1.165) is 18.7 Å². The van der Waals surface area contributed by atoms with Crippen molar-refractivity contribution in [2.45, 2.75) is 37.7 Å². The monoisotopic (exact) mass is 317 g/mol. The first-order valence-corrected chi connectivity index (χ1v) is 8.23. The first-order chi connectivity index (χ1) is 11.3. The van der Waals surface area contributed by atoms with Gasteiger partial charge in [-0.25, -0.2) is 14.1 Å². The predicted molar refractivity (Wildman–Crippen MR) is 82.0 cm³/mol. The number of ether oxygens (including phenoxy) is 2. The standard InChI is InChI=1S/C17H20FN3O2/c18-13-6-3-7-14(10-13)21-17(15-11-22-8-9-23-15)19-16(20-21)12-4-1-2-5-12/h3,6-7,10,12,15H,1-2,4-5,8-9,11H2. The van der Waals surface area contributed by atoms with Crippen LogP contribution >= 0.6 is 0 Å². The van der Waals surface area contributed by atoms with Crippen LogP contribution in [0, 0.1) is 5.82 Å². The van der Waals surface area contributed by atoms with Crippen LogP contribution in [0.15, 0.2) is 24.3 Å². The molecule has 1 atom stereocenters. The molecule has 0 N–H and O–H groups in total. The van der Waals surface area contributed by atoms with Crippen molar-refractivity contribution in [2.75, 3.05) is 19.8 Å². The highest BCUT2D eigenvalue weighted by atomic mass is 19.1. The summed E-state index contributed by atoms with van der Waals surface area (Å²) >= 11 is 0. The van der Waals surface area contributed by atoms with Crippen molar-refractivity contribution < 1.29 is 13.9 Å². The molecule has 0 spiro atoms. The maximum Gasteiger partial charge on any atom is 0.163 e. The van der Waals surface area contributed by atoms with Crippen LogP contribution in [0.5, 0.6) is 0 Å². The SMILES string of the molecule is Fc1cccc(-n2nc(C3CCCC3)nc2C2COCCO2)c1. The van der Waals surface area contributed by atoms with Gasteiger partial charge < -0.3 is 9.47 Å². The summed E-state index contributed by atoms with van der Waals surface area (Å²) in [5.74, 6) is 1.66. The highest BCUT2D eigenvalue weighted by Crippen LogP contribution is 2.34. The van der Waals surface area contributed by atoms with Gasteiger partial charge in [0.05, 0.1) is 25.5 Å². The van der Waals surface area contributed by atoms with E-state index in [4.69, 9.17) is 14.5 Å². The second-order valence-corrected chi connectivity index (χ2v) is 6.14. The molecule has 0 amide bonds. The zero-order valence-electron chi connectivity index (χ0n) is 12.9. The van der Waals surface area contributed by atoms with Gasteiger partial charge in [-0.2, -0.15) is 5.10 Å². The minimum absolute atomic E-state index is 0.255. The van der Waals surface area contributed by atoms with E-state index >= 15 is 0 Å². The Morgan fingerprint density at radius 1 is 1.17 bits per heavy atom. The molecule has 23 heavy (non-hydrogen) atoms. The Morgan fingerprint density at radius 2 is 2.04 bits per heavy atom. The van der Waals surface area contributed by atoms with Gasteiger partial charge in [-0.05, 0) is 31.0 Å². The van der Waals surface area contributed by atoms with Crippen LogP contribution in [0.1, 0.15) is 49.4 Å². The Bertz CT molecular complexity index is 676. The molecule has 2 aromatic rings. The quantitative estimate of drug-likeness (QED) is 0.872. The number of hydrogen-bond acceptors (Lipinski definition) is 4. The van der Waals surface area contributed by atoms with Crippen LogP contribution in [0.25, 0.3) is 5.69 Å². The van der Waals surface area contributed by atoms with E-state index in [-0.39, 0.29) is 11.9 Å². The number of aromatic nitrogens is 3. The number of rotatable bonds is 3. The summed E-state index contributed by atoms with van der Waals surface area (Å²) in [6.07, 6.45) is 4.42. The summed E-state index contributed by atoms with van der Waals surface area (Å²) in [6, 6.07) is 6.42. The van der Waals surface area contributed by atoms with Crippen LogP contribution < -0.4 is 0 Å². The highest BCUT2D eigenvalue weighted by molar-refractivity contribution is 5.32. The maximum absolute atomic E-state index is 13.6. The summed E-state index contributed by atoms with van der Waals surface area (Å²) in [5, 5.41) is 4.68. The van der Waals surface area contributed by atoms with E-state index in [1.807, 2.05) is 6.07 Å². The molecular weight excluding hydrogens is 297 g/mol. The molecule has 2 aliphatic rings. The van der Waals surface area contributed by atoms with Gasteiger partial charge in [0.1, 0.15) is 11.9 Å². The molecule has 2 heterocycles. The van der Waals surface area contributed by atoms with E-state index < -0.39 is 0 Å². The van der Waals surface area contributed by atoms with Crippen molar-refractivity contribution in [1.29, 1.82) is 0 Å². The molecule has 4 rings (SSSR count). The summed E-state index contributed by atoms with van der Waals surface area (Å²) in [7, 11) is 0. The molecule has 1 aliphatic heterocycles. The lowest BCUT2D eigenvalue weighted by Gasteiger charge is -2.22. The molecule has 1 aromatic carbocycles. The molecule has 0 radical (unpaired) electrons. The number of halogens is 1. The zero-order valence-corrected chi connectivity index (χ0v) is 12.9. The Hall–Kier alpha value is -1.79. The topological polar surface area (TPSA) is 49.2 Å². The van der Waals surface area contributed by atoms with E-state index in [2.05, 4.69) is 5.10 Å². The third kappa shape index (κ3) is 3.01. The summed E-state index contributed by atoms with van der Waals surface area (Å²) < 4.78 is 26.6. The van der Waals surface area contributed by atoms with Crippen LogP contribution in [0.3, 0.4) is 0 Å². The normalized spacial score (nSPS) is 22.6. The van der Waals surface area contributed by atoms with Gasteiger partial charge >= 0.3 is 0 Å². The molecule has 1 saturated carbocycles. The molecule has 0 bridgehead atoms. The van der Waals surface area contributed by atoms with Crippen LogP contribution in [0.4, 0.5) is 4.39 Å². The Morgan fingerprint density at radius 3 is 2.78 bits per heavy atom. The fourth-order valence-corrected chi connectivity index (χ4v) is 3.34.